The van der Waals surface area contributed by atoms with Crippen LogP contribution in [0.15, 0.2) is 23.3 Å². The van der Waals surface area contributed by atoms with E-state index in [9.17, 15) is 13.2 Å². The minimum atomic E-state index is -4.44. The number of hydrogen-bond donors (Lipinski definition) is 1. The van der Waals surface area contributed by atoms with Crippen molar-refractivity contribution in [2.45, 2.75) is 45.1 Å². The summed E-state index contributed by atoms with van der Waals surface area (Å²) in [6.07, 6.45) is -1.40. The first-order valence-electron chi connectivity index (χ1n) is 6.12. The lowest BCUT2D eigenvalue weighted by molar-refractivity contribution is -0.0971. The van der Waals surface area contributed by atoms with E-state index < -0.39 is 30.2 Å². The van der Waals surface area contributed by atoms with Gasteiger partial charge in [0.2, 0.25) is 0 Å². The van der Waals surface area contributed by atoms with E-state index in [0.717, 1.165) is 0 Å². The normalized spacial score (nSPS) is 25.7. The fraction of sp³-hybridized carbons (Fsp3) is 0.667. The Hall–Kier alpha value is -0.945. The van der Waals surface area contributed by atoms with E-state index in [1.54, 1.807) is 33.8 Å². The molecule has 1 fully saturated rings. The second-order valence-corrected chi connectivity index (χ2v) is 5.70. The molecule has 0 saturated carbocycles. The molecule has 0 spiro atoms. The maximum absolute atomic E-state index is 13.0. The number of halogens is 3. The average Bonchev–Trinajstić information content (AvgIpc) is 2.47. The Morgan fingerprint density at radius 3 is 2.16 bits per heavy atom. The van der Waals surface area contributed by atoms with Crippen LogP contribution in [0, 0.1) is 0 Å². The zero-order valence-electron chi connectivity index (χ0n) is 11.4. The van der Waals surface area contributed by atoms with Crippen molar-refractivity contribution < 1.29 is 22.5 Å². The molecule has 0 aromatic carbocycles. The van der Waals surface area contributed by atoms with E-state index in [1.165, 1.54) is 6.08 Å². The highest BCUT2D eigenvalue weighted by Crippen LogP contribution is 2.40. The van der Waals surface area contributed by atoms with Gasteiger partial charge in [0, 0.05) is 12.0 Å². The highest BCUT2D eigenvalue weighted by molar-refractivity contribution is 6.56. The van der Waals surface area contributed by atoms with E-state index >= 15 is 0 Å². The zero-order valence-corrected chi connectivity index (χ0v) is 11.4. The molecular weight excluding hydrogens is 258 g/mol. The van der Waals surface area contributed by atoms with Gasteiger partial charge in [0.15, 0.2) is 0 Å². The summed E-state index contributed by atoms with van der Waals surface area (Å²) < 4.78 is 50.2. The number of alkyl halides is 3. The van der Waals surface area contributed by atoms with E-state index in [4.69, 9.17) is 9.31 Å². The first-order valence-corrected chi connectivity index (χ1v) is 6.12. The highest BCUT2D eigenvalue weighted by atomic mass is 19.4. The molecule has 2 rings (SSSR count). The van der Waals surface area contributed by atoms with E-state index in [2.05, 4.69) is 5.32 Å². The van der Waals surface area contributed by atoms with E-state index in [0.29, 0.717) is 0 Å². The van der Waals surface area contributed by atoms with Gasteiger partial charge < -0.3 is 14.6 Å². The minimum Gasteiger partial charge on any atom is -0.399 e. The molecule has 0 aromatic rings. The molecule has 106 valence electrons. The van der Waals surface area contributed by atoms with Crippen LogP contribution < -0.4 is 5.32 Å². The first kappa shape index (κ1) is 14.5. The lowest BCUT2D eigenvalue weighted by atomic mass is 9.75. The third-order valence-electron chi connectivity index (χ3n) is 3.77. The Morgan fingerprint density at radius 1 is 1.16 bits per heavy atom. The molecule has 7 heteroatoms. The van der Waals surface area contributed by atoms with Crippen LogP contribution in [0.2, 0.25) is 0 Å². The summed E-state index contributed by atoms with van der Waals surface area (Å²) in [5, 5.41) is 2.35. The van der Waals surface area contributed by atoms with Crippen LogP contribution >= 0.6 is 0 Å². The zero-order chi connectivity index (χ0) is 14.5. The van der Waals surface area contributed by atoms with Gasteiger partial charge in [-0.3, -0.25) is 0 Å². The molecule has 0 amide bonds. The lowest BCUT2D eigenvalue weighted by Crippen LogP contribution is -2.41. The molecule has 0 atom stereocenters. The van der Waals surface area contributed by atoms with Crippen molar-refractivity contribution in [3.8, 4) is 0 Å². The van der Waals surface area contributed by atoms with Gasteiger partial charge in [-0.1, -0.05) is 12.2 Å². The molecule has 2 aliphatic rings. The maximum atomic E-state index is 13.0. The summed E-state index contributed by atoms with van der Waals surface area (Å²) in [4.78, 5) is 0. The molecule has 0 radical (unpaired) electrons. The molecule has 0 aliphatic carbocycles. The molecule has 2 aliphatic heterocycles. The fourth-order valence-electron chi connectivity index (χ4n) is 1.96. The predicted molar refractivity (Wildman–Crippen MR) is 66.3 cm³/mol. The van der Waals surface area contributed by atoms with Gasteiger partial charge in [0.05, 0.1) is 11.2 Å². The number of allylic oxidation sites excluding steroid dienone is 3. The Kier molecular flexibility index (Phi) is 3.26. The Morgan fingerprint density at radius 2 is 1.68 bits per heavy atom. The van der Waals surface area contributed by atoms with Gasteiger partial charge in [-0.15, -0.1) is 0 Å². The van der Waals surface area contributed by atoms with Crippen LogP contribution in [-0.2, 0) is 9.31 Å². The van der Waals surface area contributed by atoms with Crippen molar-refractivity contribution in [2.24, 2.45) is 0 Å². The molecule has 19 heavy (non-hydrogen) atoms. The SMILES string of the molecule is CC1(C)OB(C2=C(C(F)(F)F)NCC=C2)OC1(C)C. The third kappa shape index (κ3) is 2.53. The van der Waals surface area contributed by atoms with Gasteiger partial charge >= 0.3 is 13.3 Å². The van der Waals surface area contributed by atoms with Crippen molar-refractivity contribution in [1.82, 2.24) is 5.32 Å². The standard InChI is InChI=1S/C12H17BF3NO2/c1-10(2)11(3,4)19-13(18-10)8-6-5-7-17-9(8)12(14,15)16/h5-6,17H,7H2,1-4H3. The number of rotatable bonds is 1. The Bertz CT molecular complexity index is 425. The summed E-state index contributed by atoms with van der Waals surface area (Å²) in [5.74, 6) is 0. The molecule has 0 unspecified atom stereocenters. The van der Waals surface area contributed by atoms with Crippen molar-refractivity contribution in [3.63, 3.8) is 0 Å². The average molecular weight is 275 g/mol. The Balaban J connectivity index is 2.36. The predicted octanol–water partition coefficient (Wildman–Crippen LogP) is 2.59. The van der Waals surface area contributed by atoms with Crippen LogP contribution in [0.4, 0.5) is 13.2 Å². The van der Waals surface area contributed by atoms with Crippen molar-refractivity contribution in [3.05, 3.63) is 23.3 Å². The largest absolute Gasteiger partial charge is 0.496 e. The maximum Gasteiger partial charge on any atom is 0.496 e. The second kappa shape index (κ2) is 4.28. The van der Waals surface area contributed by atoms with Crippen LogP contribution in [0.1, 0.15) is 27.7 Å². The molecule has 0 aromatic heterocycles. The smallest absolute Gasteiger partial charge is 0.399 e. The van der Waals surface area contributed by atoms with Crippen molar-refractivity contribution in [2.75, 3.05) is 6.54 Å². The molecular formula is C12H17BF3NO2. The lowest BCUT2D eigenvalue weighted by Gasteiger charge is -2.32. The summed E-state index contributed by atoms with van der Waals surface area (Å²) in [5.41, 5.74) is -2.11. The summed E-state index contributed by atoms with van der Waals surface area (Å²) in [6, 6.07) is 0. The van der Waals surface area contributed by atoms with Gasteiger partial charge in [-0.2, -0.15) is 13.2 Å². The number of nitrogens with one attached hydrogen (secondary N) is 1. The van der Waals surface area contributed by atoms with Crippen molar-refractivity contribution in [1.29, 1.82) is 0 Å². The second-order valence-electron chi connectivity index (χ2n) is 5.70. The molecule has 1 N–H and O–H groups in total. The van der Waals surface area contributed by atoms with Gasteiger partial charge in [-0.25, -0.2) is 0 Å². The van der Waals surface area contributed by atoms with Crippen LogP contribution in [0.5, 0.6) is 0 Å². The number of hydrogen-bond acceptors (Lipinski definition) is 3. The Labute approximate surface area is 111 Å². The summed E-state index contributed by atoms with van der Waals surface area (Å²) in [6.45, 7) is 7.38. The summed E-state index contributed by atoms with van der Waals surface area (Å²) >= 11 is 0. The molecule has 2 heterocycles. The van der Waals surface area contributed by atoms with Crippen LogP contribution in [0.25, 0.3) is 0 Å². The quantitative estimate of drug-likeness (QED) is 0.746. The van der Waals surface area contributed by atoms with Gasteiger partial charge in [0.1, 0.15) is 5.70 Å². The van der Waals surface area contributed by atoms with Crippen LogP contribution in [-0.4, -0.2) is 31.0 Å². The molecule has 1 saturated heterocycles. The topological polar surface area (TPSA) is 30.5 Å². The molecule has 3 nitrogen and oxygen atoms in total. The van der Waals surface area contributed by atoms with Crippen LogP contribution in [0.3, 0.4) is 0 Å². The van der Waals surface area contributed by atoms with E-state index in [-0.39, 0.29) is 12.0 Å². The number of dihydropyridines is 1. The van der Waals surface area contributed by atoms with E-state index in [1.807, 2.05) is 0 Å². The molecule has 0 bridgehead atoms. The monoisotopic (exact) mass is 275 g/mol. The third-order valence-corrected chi connectivity index (χ3v) is 3.77. The fourth-order valence-corrected chi connectivity index (χ4v) is 1.96. The van der Waals surface area contributed by atoms with Crippen molar-refractivity contribution >= 4 is 7.12 Å². The highest BCUT2D eigenvalue weighted by Gasteiger charge is 2.54. The van der Waals surface area contributed by atoms with Gasteiger partial charge in [0.25, 0.3) is 0 Å². The summed E-state index contributed by atoms with van der Waals surface area (Å²) in [7, 11) is -1.01. The minimum absolute atomic E-state index is 0.00241. The first-order chi connectivity index (χ1) is 8.55. The van der Waals surface area contributed by atoms with Gasteiger partial charge in [-0.05, 0) is 27.7 Å².